The summed E-state index contributed by atoms with van der Waals surface area (Å²) in [4.78, 5) is 25.9. The lowest BCUT2D eigenvalue weighted by molar-refractivity contribution is -0.149. The third-order valence-electron chi connectivity index (χ3n) is 3.82. The highest BCUT2D eigenvalue weighted by molar-refractivity contribution is 7.14. The summed E-state index contributed by atoms with van der Waals surface area (Å²) in [6, 6.07) is 3.74. The van der Waals surface area contributed by atoms with Gasteiger partial charge in [0, 0.05) is 19.5 Å². The number of nitrogens with zero attached hydrogens (tertiary/aromatic N) is 2. The van der Waals surface area contributed by atoms with Gasteiger partial charge in [-0.1, -0.05) is 0 Å². The molecular formula is C16H21N3O3S. The second-order valence-corrected chi connectivity index (χ2v) is 6.38. The normalized spacial score (nSPS) is 18.2. The minimum atomic E-state index is -0.140. The Bertz CT molecular complexity index is 594. The number of esters is 1. The molecule has 2 rings (SSSR count). The maximum atomic E-state index is 12.0. The van der Waals surface area contributed by atoms with E-state index in [2.05, 4.69) is 16.3 Å². The number of nitrogens with one attached hydrogen (secondary N) is 1. The van der Waals surface area contributed by atoms with E-state index in [4.69, 9.17) is 10.00 Å². The van der Waals surface area contributed by atoms with E-state index in [1.807, 2.05) is 6.92 Å². The average molecular weight is 335 g/mol. The summed E-state index contributed by atoms with van der Waals surface area (Å²) in [6.07, 6.45) is 2.13. The predicted molar refractivity (Wildman–Crippen MR) is 88.1 cm³/mol. The third kappa shape index (κ3) is 5.05. The zero-order valence-electron chi connectivity index (χ0n) is 13.2. The van der Waals surface area contributed by atoms with Crippen LogP contribution in [0, 0.1) is 17.2 Å². The van der Waals surface area contributed by atoms with Crippen LogP contribution in [0.25, 0.3) is 0 Å². The summed E-state index contributed by atoms with van der Waals surface area (Å²) in [7, 11) is 0. The molecule has 1 aliphatic rings. The second kappa shape index (κ2) is 8.65. The first-order chi connectivity index (χ1) is 11.1. The molecule has 0 unspecified atom stereocenters. The number of rotatable bonds is 6. The first-order valence-corrected chi connectivity index (χ1v) is 8.68. The van der Waals surface area contributed by atoms with Gasteiger partial charge in [0.1, 0.15) is 11.1 Å². The van der Waals surface area contributed by atoms with Crippen molar-refractivity contribution >= 4 is 28.2 Å². The van der Waals surface area contributed by atoms with Gasteiger partial charge in [0.15, 0.2) is 0 Å². The minimum Gasteiger partial charge on any atom is -0.466 e. The molecule has 1 atom stereocenters. The molecule has 1 saturated heterocycles. The molecule has 7 heteroatoms. The van der Waals surface area contributed by atoms with E-state index in [1.54, 1.807) is 11.4 Å². The number of carbonyl (C=O) groups excluding carboxylic acids is 2. The number of hydrogen-bond acceptors (Lipinski definition) is 6. The molecular weight excluding hydrogens is 314 g/mol. The maximum absolute atomic E-state index is 12.0. The van der Waals surface area contributed by atoms with Crippen LogP contribution in [-0.2, 0) is 14.3 Å². The molecule has 2 heterocycles. The number of thiophene rings is 1. The summed E-state index contributed by atoms with van der Waals surface area (Å²) in [5.41, 5.74) is 0.490. The summed E-state index contributed by atoms with van der Waals surface area (Å²) in [5.74, 6) is -0.338. The minimum absolute atomic E-state index is 0.0887. The van der Waals surface area contributed by atoms with E-state index in [-0.39, 0.29) is 17.8 Å². The molecule has 1 aromatic heterocycles. The van der Waals surface area contributed by atoms with Crippen LogP contribution in [0.3, 0.4) is 0 Å². The number of ether oxygens (including phenoxy) is 1. The molecule has 1 aliphatic heterocycles. The molecule has 124 valence electrons. The van der Waals surface area contributed by atoms with Crippen LogP contribution in [0.2, 0.25) is 0 Å². The lowest BCUT2D eigenvalue weighted by atomic mass is 9.98. The summed E-state index contributed by atoms with van der Waals surface area (Å²) in [5, 5.41) is 14.1. The Hall–Kier alpha value is -1.91. The van der Waals surface area contributed by atoms with Gasteiger partial charge in [-0.25, -0.2) is 0 Å². The predicted octanol–water partition coefficient (Wildman–Crippen LogP) is 2.22. The Kier molecular flexibility index (Phi) is 6.56. The van der Waals surface area contributed by atoms with Crippen LogP contribution in [0.1, 0.15) is 31.7 Å². The van der Waals surface area contributed by atoms with Crippen LogP contribution in [0.15, 0.2) is 11.4 Å². The Balaban J connectivity index is 1.78. The number of amides is 1. The van der Waals surface area contributed by atoms with Crippen LogP contribution < -0.4 is 5.32 Å². The van der Waals surface area contributed by atoms with Gasteiger partial charge in [-0.05, 0) is 37.8 Å². The van der Waals surface area contributed by atoms with E-state index in [1.165, 1.54) is 11.3 Å². The summed E-state index contributed by atoms with van der Waals surface area (Å²) in [6.45, 7) is 4.36. The number of hydrogen-bond donors (Lipinski definition) is 1. The van der Waals surface area contributed by atoms with Gasteiger partial charge < -0.3 is 15.0 Å². The number of nitriles is 1. The van der Waals surface area contributed by atoms with Crippen molar-refractivity contribution in [2.45, 2.75) is 26.2 Å². The van der Waals surface area contributed by atoms with E-state index in [9.17, 15) is 9.59 Å². The van der Waals surface area contributed by atoms with E-state index >= 15 is 0 Å². The van der Waals surface area contributed by atoms with E-state index in [0.717, 1.165) is 19.4 Å². The van der Waals surface area contributed by atoms with Gasteiger partial charge in [-0.2, -0.15) is 5.26 Å². The van der Waals surface area contributed by atoms with Crippen molar-refractivity contribution in [3.05, 3.63) is 17.0 Å². The monoisotopic (exact) mass is 335 g/mol. The van der Waals surface area contributed by atoms with Crippen LogP contribution in [0.4, 0.5) is 5.00 Å². The van der Waals surface area contributed by atoms with Crippen molar-refractivity contribution in [2.24, 2.45) is 5.92 Å². The largest absolute Gasteiger partial charge is 0.466 e. The average Bonchev–Trinajstić information content (AvgIpc) is 3.00. The quantitative estimate of drug-likeness (QED) is 0.806. The van der Waals surface area contributed by atoms with Gasteiger partial charge in [-0.15, -0.1) is 11.3 Å². The first-order valence-electron chi connectivity index (χ1n) is 7.80. The SMILES string of the molecule is CCOC(=O)[C@H]1CCCN(CCC(=O)Nc2sccc2C#N)C1. The van der Waals surface area contributed by atoms with Crippen LogP contribution >= 0.6 is 11.3 Å². The highest BCUT2D eigenvalue weighted by atomic mass is 32.1. The van der Waals surface area contributed by atoms with Gasteiger partial charge in [0.05, 0.1) is 18.1 Å². The van der Waals surface area contributed by atoms with E-state index in [0.29, 0.717) is 36.7 Å². The van der Waals surface area contributed by atoms with Crippen LogP contribution in [-0.4, -0.2) is 43.0 Å². The zero-order chi connectivity index (χ0) is 16.7. The maximum Gasteiger partial charge on any atom is 0.310 e. The smallest absolute Gasteiger partial charge is 0.310 e. The lowest BCUT2D eigenvalue weighted by Crippen LogP contribution is -2.40. The number of piperidine rings is 1. The Morgan fingerprint density at radius 3 is 3.13 bits per heavy atom. The lowest BCUT2D eigenvalue weighted by Gasteiger charge is -2.31. The Labute approximate surface area is 140 Å². The highest BCUT2D eigenvalue weighted by Gasteiger charge is 2.26. The molecule has 0 bridgehead atoms. The summed E-state index contributed by atoms with van der Waals surface area (Å²) >= 11 is 1.34. The number of anilines is 1. The molecule has 0 aliphatic carbocycles. The molecule has 23 heavy (non-hydrogen) atoms. The fourth-order valence-corrected chi connectivity index (χ4v) is 3.41. The van der Waals surface area contributed by atoms with Crippen molar-refractivity contribution < 1.29 is 14.3 Å². The van der Waals surface area contributed by atoms with Gasteiger partial charge >= 0.3 is 5.97 Å². The van der Waals surface area contributed by atoms with Crippen molar-refractivity contribution in [2.75, 3.05) is 31.6 Å². The van der Waals surface area contributed by atoms with Crippen molar-refractivity contribution in [3.63, 3.8) is 0 Å². The molecule has 0 aromatic carbocycles. The molecule has 1 amide bonds. The molecule has 6 nitrogen and oxygen atoms in total. The van der Waals surface area contributed by atoms with Crippen molar-refractivity contribution in [1.82, 2.24) is 4.90 Å². The van der Waals surface area contributed by atoms with Gasteiger partial charge in [-0.3, -0.25) is 9.59 Å². The second-order valence-electron chi connectivity index (χ2n) is 5.47. The zero-order valence-corrected chi connectivity index (χ0v) is 14.0. The van der Waals surface area contributed by atoms with E-state index < -0.39 is 0 Å². The highest BCUT2D eigenvalue weighted by Crippen LogP contribution is 2.22. The van der Waals surface area contributed by atoms with Gasteiger partial charge in [0.2, 0.25) is 5.91 Å². The van der Waals surface area contributed by atoms with Crippen LogP contribution in [0.5, 0.6) is 0 Å². The Morgan fingerprint density at radius 1 is 1.57 bits per heavy atom. The first kappa shape index (κ1) is 17.4. The topological polar surface area (TPSA) is 82.4 Å². The van der Waals surface area contributed by atoms with Crippen molar-refractivity contribution in [3.8, 4) is 6.07 Å². The molecule has 0 radical (unpaired) electrons. The molecule has 1 fully saturated rings. The van der Waals surface area contributed by atoms with Gasteiger partial charge in [0.25, 0.3) is 0 Å². The Morgan fingerprint density at radius 2 is 2.39 bits per heavy atom. The molecule has 0 saturated carbocycles. The standard InChI is InChI=1S/C16H21N3O3S/c1-2-22-16(21)13-4-3-7-19(11-13)8-5-14(20)18-15-12(10-17)6-9-23-15/h6,9,13H,2-5,7-8,11H2,1H3,(H,18,20)/t13-/m0/s1. The molecule has 0 spiro atoms. The summed E-state index contributed by atoms with van der Waals surface area (Å²) < 4.78 is 5.08. The third-order valence-corrected chi connectivity index (χ3v) is 4.65. The molecule has 1 aromatic rings. The molecule has 1 N–H and O–H groups in total. The van der Waals surface area contributed by atoms with Crippen molar-refractivity contribution in [1.29, 1.82) is 5.26 Å². The number of carbonyl (C=O) groups is 2. The number of likely N-dealkylation sites (tertiary alicyclic amines) is 1. The fourth-order valence-electron chi connectivity index (χ4n) is 2.65. The fraction of sp³-hybridized carbons (Fsp3) is 0.562.